The topological polar surface area (TPSA) is 64.7 Å². The minimum atomic E-state index is -0.727. The molecule has 0 spiro atoms. The van der Waals surface area contributed by atoms with Crippen LogP contribution in [0.25, 0.3) is 0 Å². The summed E-state index contributed by atoms with van der Waals surface area (Å²) in [5, 5.41) is 10.1. The Hall–Kier alpha value is -0.840. The van der Waals surface area contributed by atoms with Crippen molar-refractivity contribution in [1.82, 2.24) is 0 Å². The van der Waals surface area contributed by atoms with Gasteiger partial charge in [0.05, 0.1) is 24.1 Å². The van der Waals surface area contributed by atoms with E-state index in [9.17, 15) is 5.11 Å². The highest BCUT2D eigenvalue weighted by Crippen LogP contribution is 2.21. The summed E-state index contributed by atoms with van der Waals surface area (Å²) in [4.78, 5) is 0. The van der Waals surface area contributed by atoms with E-state index in [1.807, 2.05) is 32.1 Å². The lowest BCUT2D eigenvalue weighted by molar-refractivity contribution is -0.0373. The van der Waals surface area contributed by atoms with Crippen LogP contribution in [-0.4, -0.2) is 36.6 Å². The molecule has 1 rings (SSSR count). The van der Waals surface area contributed by atoms with Gasteiger partial charge in [0.2, 0.25) is 0 Å². The molecule has 0 amide bonds. The molecule has 104 valence electrons. The first-order valence-electron chi connectivity index (χ1n) is 6.67. The number of allylic oxidation sites excluding steroid dienone is 2. The summed E-state index contributed by atoms with van der Waals surface area (Å²) in [6, 6.07) is 0. The number of aliphatic hydroxyl groups is 1. The Morgan fingerprint density at radius 3 is 2.78 bits per heavy atom. The predicted molar refractivity (Wildman–Crippen MR) is 72.1 cm³/mol. The van der Waals surface area contributed by atoms with Crippen LogP contribution in [0.4, 0.5) is 0 Å². The number of nitrogens with two attached hydrogens (primary N) is 1. The van der Waals surface area contributed by atoms with Crippen LogP contribution < -0.4 is 5.73 Å². The molecular weight excluding hydrogens is 230 g/mol. The van der Waals surface area contributed by atoms with Crippen LogP contribution in [0, 0.1) is 0 Å². The van der Waals surface area contributed by atoms with Gasteiger partial charge < -0.3 is 20.3 Å². The van der Waals surface area contributed by atoms with Gasteiger partial charge in [-0.3, -0.25) is 0 Å². The van der Waals surface area contributed by atoms with Crippen LogP contribution in [0.3, 0.4) is 0 Å². The molecule has 0 heterocycles. The first-order valence-corrected chi connectivity index (χ1v) is 6.67. The molecule has 4 heteroatoms. The Kier molecular flexibility index (Phi) is 6.39. The first-order chi connectivity index (χ1) is 8.63. The summed E-state index contributed by atoms with van der Waals surface area (Å²) in [5.74, 6) is 0.861. The highest BCUT2D eigenvalue weighted by Gasteiger charge is 2.24. The number of hydrogen-bond acceptors (Lipinski definition) is 4. The molecule has 4 nitrogen and oxygen atoms in total. The van der Waals surface area contributed by atoms with Gasteiger partial charge in [0.1, 0.15) is 6.61 Å². The summed E-state index contributed by atoms with van der Waals surface area (Å²) in [5.41, 5.74) is 4.68. The van der Waals surface area contributed by atoms with Gasteiger partial charge >= 0.3 is 0 Å². The van der Waals surface area contributed by atoms with Gasteiger partial charge in [-0.05, 0) is 18.9 Å². The van der Waals surface area contributed by atoms with E-state index >= 15 is 0 Å². The molecule has 1 aliphatic carbocycles. The fourth-order valence-electron chi connectivity index (χ4n) is 1.74. The Bertz CT molecular complexity index is 295. The smallest absolute Gasteiger partial charge is 0.116 e. The van der Waals surface area contributed by atoms with Crippen LogP contribution in [0.15, 0.2) is 24.0 Å². The quantitative estimate of drug-likeness (QED) is 0.693. The number of ether oxygens (including phenoxy) is 2. The molecule has 0 fully saturated rings. The van der Waals surface area contributed by atoms with E-state index in [4.69, 9.17) is 15.2 Å². The Balaban J connectivity index is 2.39. The maximum atomic E-state index is 10.1. The zero-order chi connectivity index (χ0) is 13.4. The summed E-state index contributed by atoms with van der Waals surface area (Å²) in [6.45, 7) is 5.35. The molecule has 0 aromatic rings. The lowest BCUT2D eigenvalue weighted by atomic mass is 9.99. The molecular formula is C14H25NO3. The van der Waals surface area contributed by atoms with Crippen LogP contribution in [-0.2, 0) is 9.47 Å². The molecule has 0 aromatic carbocycles. The standard InChI is InChI=1S/C14H25NO3/c1-3-14(16,4-2)11-18-13-7-5-6-12(10-13)17-9-8-15/h5-7,12,16H,3-4,8-11,15H2,1-2H3. The highest BCUT2D eigenvalue weighted by molar-refractivity contribution is 5.17. The van der Waals surface area contributed by atoms with Gasteiger partial charge in [0, 0.05) is 13.0 Å². The molecule has 0 radical (unpaired) electrons. The predicted octanol–water partition coefficient (Wildman–Crippen LogP) is 1.74. The Morgan fingerprint density at radius 1 is 1.44 bits per heavy atom. The van der Waals surface area contributed by atoms with Gasteiger partial charge in [-0.25, -0.2) is 0 Å². The van der Waals surface area contributed by atoms with Crippen molar-refractivity contribution in [2.45, 2.75) is 44.8 Å². The fraction of sp³-hybridized carbons (Fsp3) is 0.714. The molecule has 0 aliphatic heterocycles. The minimum Gasteiger partial charge on any atom is -0.495 e. The van der Waals surface area contributed by atoms with E-state index in [0.717, 1.165) is 5.76 Å². The van der Waals surface area contributed by atoms with Gasteiger partial charge in [0.25, 0.3) is 0 Å². The lowest BCUT2D eigenvalue weighted by Crippen LogP contribution is -2.33. The monoisotopic (exact) mass is 255 g/mol. The van der Waals surface area contributed by atoms with E-state index < -0.39 is 5.60 Å². The van der Waals surface area contributed by atoms with E-state index in [2.05, 4.69) is 0 Å². The van der Waals surface area contributed by atoms with E-state index in [1.54, 1.807) is 0 Å². The van der Waals surface area contributed by atoms with Crippen molar-refractivity contribution >= 4 is 0 Å². The maximum absolute atomic E-state index is 10.1. The van der Waals surface area contributed by atoms with Crippen LogP contribution in [0.1, 0.15) is 33.1 Å². The third-order valence-corrected chi connectivity index (χ3v) is 3.30. The van der Waals surface area contributed by atoms with Crippen molar-refractivity contribution in [2.24, 2.45) is 5.73 Å². The summed E-state index contributed by atoms with van der Waals surface area (Å²) in [7, 11) is 0. The van der Waals surface area contributed by atoms with Crippen LogP contribution >= 0.6 is 0 Å². The minimum absolute atomic E-state index is 0.0323. The van der Waals surface area contributed by atoms with E-state index in [-0.39, 0.29) is 6.10 Å². The van der Waals surface area contributed by atoms with Crippen molar-refractivity contribution in [3.05, 3.63) is 24.0 Å². The largest absolute Gasteiger partial charge is 0.495 e. The molecule has 0 saturated heterocycles. The van der Waals surface area contributed by atoms with Gasteiger partial charge in [-0.15, -0.1) is 0 Å². The Labute approximate surface area is 109 Å². The van der Waals surface area contributed by atoms with Gasteiger partial charge in [0.15, 0.2) is 0 Å². The van der Waals surface area contributed by atoms with Crippen molar-refractivity contribution in [2.75, 3.05) is 19.8 Å². The second kappa shape index (κ2) is 7.56. The molecule has 1 atom stereocenters. The zero-order valence-corrected chi connectivity index (χ0v) is 11.4. The second-order valence-electron chi connectivity index (χ2n) is 4.64. The Morgan fingerprint density at radius 2 is 2.17 bits per heavy atom. The second-order valence-corrected chi connectivity index (χ2v) is 4.64. The molecule has 0 bridgehead atoms. The van der Waals surface area contributed by atoms with Crippen LogP contribution in [0.2, 0.25) is 0 Å². The van der Waals surface area contributed by atoms with E-state index in [0.29, 0.717) is 39.0 Å². The summed E-state index contributed by atoms with van der Waals surface area (Å²) >= 11 is 0. The fourth-order valence-corrected chi connectivity index (χ4v) is 1.74. The third-order valence-electron chi connectivity index (χ3n) is 3.30. The summed E-state index contributed by atoms with van der Waals surface area (Å²) < 4.78 is 11.2. The van der Waals surface area contributed by atoms with Crippen molar-refractivity contribution in [3.63, 3.8) is 0 Å². The lowest BCUT2D eigenvalue weighted by Gasteiger charge is -2.27. The number of hydrogen-bond donors (Lipinski definition) is 2. The average molecular weight is 255 g/mol. The average Bonchev–Trinajstić information content (AvgIpc) is 2.43. The molecule has 1 aliphatic rings. The van der Waals surface area contributed by atoms with Crippen molar-refractivity contribution in [1.29, 1.82) is 0 Å². The summed E-state index contributed by atoms with van der Waals surface area (Å²) in [6.07, 6.45) is 7.98. The molecule has 0 saturated carbocycles. The third kappa shape index (κ3) is 4.80. The zero-order valence-electron chi connectivity index (χ0n) is 11.4. The number of rotatable bonds is 8. The van der Waals surface area contributed by atoms with Gasteiger partial charge in [-0.1, -0.05) is 26.0 Å². The molecule has 18 heavy (non-hydrogen) atoms. The van der Waals surface area contributed by atoms with Crippen LogP contribution in [0.5, 0.6) is 0 Å². The maximum Gasteiger partial charge on any atom is 0.116 e. The van der Waals surface area contributed by atoms with E-state index in [1.165, 1.54) is 0 Å². The molecule has 3 N–H and O–H groups in total. The first kappa shape index (κ1) is 15.2. The molecule has 0 aromatic heterocycles. The van der Waals surface area contributed by atoms with Gasteiger partial charge in [-0.2, -0.15) is 0 Å². The normalized spacial score (nSPS) is 19.8. The SMILES string of the molecule is CCC(O)(CC)COC1=CC=CC(OCCN)C1. The van der Waals surface area contributed by atoms with Crippen molar-refractivity contribution < 1.29 is 14.6 Å². The van der Waals surface area contributed by atoms with Crippen molar-refractivity contribution in [3.8, 4) is 0 Å². The molecule has 1 unspecified atom stereocenters. The highest BCUT2D eigenvalue weighted by atomic mass is 16.5.